The first-order valence-electron chi connectivity index (χ1n) is 3.35. The number of carbonyl (C=O) groups is 2. The van der Waals surface area contributed by atoms with Crippen molar-refractivity contribution in [3.63, 3.8) is 0 Å². The van der Waals surface area contributed by atoms with E-state index in [1.165, 1.54) is 6.92 Å². The van der Waals surface area contributed by atoms with Gasteiger partial charge >= 0.3 is 5.97 Å². The van der Waals surface area contributed by atoms with Gasteiger partial charge < -0.3 is 4.74 Å². The minimum atomic E-state index is -0.595. The largest absolute Gasteiger partial charge is 0.458 e. The molecule has 0 aromatic rings. The molecule has 0 unspecified atom stereocenters. The van der Waals surface area contributed by atoms with Crippen LogP contribution in [0.4, 0.5) is 0 Å². The molecule has 0 saturated carbocycles. The van der Waals surface area contributed by atoms with Crippen LogP contribution in [0, 0.1) is 0 Å². The third-order valence-electron chi connectivity index (χ3n) is 0.977. The number of ketones is 1. The molecule has 0 aliphatic carbocycles. The molecule has 0 radical (unpaired) electrons. The lowest BCUT2D eigenvalue weighted by molar-refractivity contribution is -0.154. The minimum Gasteiger partial charge on any atom is -0.458 e. The van der Waals surface area contributed by atoms with Crippen molar-refractivity contribution in [1.29, 1.82) is 0 Å². The summed E-state index contributed by atoms with van der Waals surface area (Å²) < 4.78 is 4.55. The van der Waals surface area contributed by atoms with E-state index >= 15 is 0 Å². The Morgan fingerprint density at radius 2 is 2.00 bits per heavy atom. The number of hydrogen-bond acceptors (Lipinski definition) is 3. The molecular formula is C7H12NO3+. The van der Waals surface area contributed by atoms with Gasteiger partial charge in [0.1, 0.15) is 5.78 Å². The smallest absolute Gasteiger partial charge is 0.398 e. The van der Waals surface area contributed by atoms with Crippen LogP contribution in [0.5, 0.6) is 0 Å². The lowest BCUT2D eigenvalue weighted by Gasteiger charge is -1.95. The van der Waals surface area contributed by atoms with E-state index in [2.05, 4.69) is 4.74 Å². The molecule has 4 nitrogen and oxygen atoms in total. The first-order chi connectivity index (χ1) is 5.07. The van der Waals surface area contributed by atoms with E-state index in [1.807, 2.05) is 0 Å². The Kier molecular flexibility index (Phi) is 4.10. The fourth-order valence-electron chi connectivity index (χ4n) is 0.564. The molecule has 4 heteroatoms. The SMILES string of the molecule is CCOC(=O)C(=[NH2+])CC(C)=O. The summed E-state index contributed by atoms with van der Waals surface area (Å²) in [5.41, 5.74) is -0.0284. The summed E-state index contributed by atoms with van der Waals surface area (Å²) in [6.45, 7) is 3.32. The molecule has 0 rings (SSSR count). The quantitative estimate of drug-likeness (QED) is 0.409. The van der Waals surface area contributed by atoms with Crippen molar-refractivity contribution in [2.45, 2.75) is 20.3 Å². The van der Waals surface area contributed by atoms with Crippen LogP contribution in [0.2, 0.25) is 0 Å². The molecule has 0 spiro atoms. The summed E-state index contributed by atoms with van der Waals surface area (Å²) in [6, 6.07) is 0. The molecule has 0 bridgehead atoms. The van der Waals surface area contributed by atoms with Gasteiger partial charge in [-0.15, -0.1) is 0 Å². The zero-order valence-electron chi connectivity index (χ0n) is 6.72. The fourth-order valence-corrected chi connectivity index (χ4v) is 0.564. The van der Waals surface area contributed by atoms with Crippen molar-refractivity contribution >= 4 is 17.5 Å². The highest BCUT2D eigenvalue weighted by Gasteiger charge is 2.17. The third kappa shape index (κ3) is 4.25. The Labute approximate surface area is 65.1 Å². The number of carbonyl (C=O) groups excluding carboxylic acids is 2. The Hall–Kier alpha value is -1.19. The van der Waals surface area contributed by atoms with Crippen LogP contribution >= 0.6 is 0 Å². The van der Waals surface area contributed by atoms with Crippen molar-refractivity contribution < 1.29 is 19.7 Å². The van der Waals surface area contributed by atoms with Crippen molar-refractivity contribution in [1.82, 2.24) is 0 Å². The van der Waals surface area contributed by atoms with E-state index in [4.69, 9.17) is 5.41 Å². The van der Waals surface area contributed by atoms with E-state index in [0.717, 1.165) is 0 Å². The molecule has 2 N–H and O–H groups in total. The summed E-state index contributed by atoms with van der Waals surface area (Å²) in [6.07, 6.45) is -0.0289. The highest BCUT2D eigenvalue weighted by molar-refractivity contribution is 6.36. The van der Waals surface area contributed by atoms with Gasteiger partial charge in [-0.05, 0) is 13.8 Å². The predicted octanol–water partition coefficient (Wildman–Crippen LogP) is -1.27. The van der Waals surface area contributed by atoms with Crippen molar-refractivity contribution in [2.75, 3.05) is 6.61 Å². The predicted molar refractivity (Wildman–Crippen MR) is 38.9 cm³/mol. The summed E-state index contributed by atoms with van der Waals surface area (Å²) in [7, 11) is 0. The normalized spacial score (nSPS) is 8.91. The topological polar surface area (TPSA) is 69.0 Å². The standard InChI is InChI=1S/C7H11NO3/c1-3-11-7(10)6(8)4-5(2)9/h8H,3-4H2,1-2H3/p+1. The van der Waals surface area contributed by atoms with Gasteiger partial charge in [0.05, 0.1) is 13.0 Å². The van der Waals surface area contributed by atoms with Gasteiger partial charge in [-0.25, -0.2) is 4.79 Å². The monoisotopic (exact) mass is 158 g/mol. The second-order valence-electron chi connectivity index (χ2n) is 2.12. The van der Waals surface area contributed by atoms with Gasteiger partial charge in [0.15, 0.2) is 0 Å². The highest BCUT2D eigenvalue weighted by atomic mass is 16.5. The maximum atomic E-state index is 10.7. The molecule has 0 saturated heterocycles. The van der Waals surface area contributed by atoms with E-state index in [9.17, 15) is 9.59 Å². The first kappa shape index (κ1) is 9.81. The fraction of sp³-hybridized carbons (Fsp3) is 0.571. The number of hydrogen-bond donors (Lipinski definition) is 1. The van der Waals surface area contributed by atoms with Crippen LogP contribution in [-0.4, -0.2) is 24.1 Å². The minimum absolute atomic E-state index is 0.0284. The van der Waals surface area contributed by atoms with Gasteiger partial charge in [-0.3, -0.25) is 10.2 Å². The summed E-state index contributed by atoms with van der Waals surface area (Å²) in [5, 5.41) is 5.23. The van der Waals surface area contributed by atoms with Crippen molar-refractivity contribution in [2.24, 2.45) is 0 Å². The Bertz CT molecular complexity index is 186. The van der Waals surface area contributed by atoms with E-state index in [0.29, 0.717) is 0 Å². The van der Waals surface area contributed by atoms with Gasteiger partial charge in [0.25, 0.3) is 5.71 Å². The average Bonchev–Trinajstić information content (AvgIpc) is 1.86. The van der Waals surface area contributed by atoms with Crippen LogP contribution in [0.15, 0.2) is 0 Å². The molecule has 0 amide bonds. The molecule has 11 heavy (non-hydrogen) atoms. The Morgan fingerprint density at radius 1 is 1.45 bits per heavy atom. The molecule has 0 aromatic carbocycles. The zero-order valence-corrected chi connectivity index (χ0v) is 6.72. The molecule has 0 aliphatic heterocycles. The van der Waals surface area contributed by atoms with Crippen molar-refractivity contribution in [3.05, 3.63) is 0 Å². The molecule has 0 aromatic heterocycles. The number of ether oxygens (including phenoxy) is 1. The van der Waals surface area contributed by atoms with Crippen LogP contribution < -0.4 is 5.41 Å². The second-order valence-corrected chi connectivity index (χ2v) is 2.12. The third-order valence-corrected chi connectivity index (χ3v) is 0.977. The number of Topliss-reactive ketones (excluding diaryl/α,β-unsaturated/α-hetero) is 1. The Balaban J connectivity index is 3.83. The number of esters is 1. The number of rotatable bonds is 4. The van der Waals surface area contributed by atoms with Gasteiger partial charge in [-0.2, -0.15) is 0 Å². The van der Waals surface area contributed by atoms with E-state index in [-0.39, 0.29) is 24.5 Å². The lowest BCUT2D eigenvalue weighted by atomic mass is 10.2. The van der Waals surface area contributed by atoms with E-state index < -0.39 is 5.97 Å². The maximum Gasteiger partial charge on any atom is 0.398 e. The van der Waals surface area contributed by atoms with Gasteiger partial charge in [0, 0.05) is 0 Å². The molecule has 0 atom stereocenters. The van der Waals surface area contributed by atoms with Crippen LogP contribution in [0.1, 0.15) is 20.3 Å². The molecule has 62 valence electrons. The van der Waals surface area contributed by atoms with Gasteiger partial charge in [-0.1, -0.05) is 0 Å². The summed E-state index contributed by atoms with van der Waals surface area (Å²) >= 11 is 0. The molecule has 0 aliphatic rings. The van der Waals surface area contributed by atoms with Crippen molar-refractivity contribution in [3.8, 4) is 0 Å². The summed E-state index contributed by atoms with van der Waals surface area (Å²) in [5.74, 6) is -0.738. The van der Waals surface area contributed by atoms with Crippen LogP contribution in [-0.2, 0) is 14.3 Å². The average molecular weight is 158 g/mol. The van der Waals surface area contributed by atoms with Gasteiger partial charge in [0.2, 0.25) is 0 Å². The van der Waals surface area contributed by atoms with Crippen LogP contribution in [0.25, 0.3) is 0 Å². The molecular weight excluding hydrogens is 146 g/mol. The molecule has 0 heterocycles. The van der Waals surface area contributed by atoms with Crippen LogP contribution in [0.3, 0.4) is 0 Å². The molecule has 0 fully saturated rings. The zero-order chi connectivity index (χ0) is 8.85. The summed E-state index contributed by atoms with van der Waals surface area (Å²) in [4.78, 5) is 21.2. The number of nitrogens with two attached hydrogens (primary N) is 1. The Morgan fingerprint density at radius 3 is 2.36 bits per heavy atom. The van der Waals surface area contributed by atoms with E-state index in [1.54, 1.807) is 6.92 Å². The second kappa shape index (κ2) is 4.60. The first-order valence-corrected chi connectivity index (χ1v) is 3.35. The maximum absolute atomic E-state index is 10.7. The highest BCUT2D eigenvalue weighted by Crippen LogP contribution is 1.86. The lowest BCUT2D eigenvalue weighted by Crippen LogP contribution is -2.46.